The first kappa shape index (κ1) is 41.1. The van der Waals surface area contributed by atoms with E-state index in [-0.39, 0.29) is 48.7 Å². The Bertz CT molecular complexity index is 1560. The van der Waals surface area contributed by atoms with Crippen LogP contribution in [0.5, 0.6) is 0 Å². The molecule has 6 N–H and O–H groups in total. The van der Waals surface area contributed by atoms with Gasteiger partial charge < -0.3 is 68.5 Å². The van der Waals surface area contributed by atoms with Crippen LogP contribution in [0.3, 0.4) is 0 Å². The lowest BCUT2D eigenvalue weighted by Crippen LogP contribution is -2.65. The van der Waals surface area contributed by atoms with Crippen molar-refractivity contribution in [2.24, 2.45) is 28.1 Å². The average Bonchev–Trinajstić information content (AvgIpc) is 3.48. The molecule has 15 heteroatoms. The summed E-state index contributed by atoms with van der Waals surface area (Å²) < 4.78 is 49.2. The van der Waals surface area contributed by atoms with Crippen LogP contribution in [0.1, 0.15) is 106 Å². The Morgan fingerprint density at radius 1 is 0.702 bits per heavy atom. The maximum Gasteiger partial charge on any atom is 0.331 e. The zero-order chi connectivity index (χ0) is 40.6. The Labute approximate surface area is 334 Å². The number of aliphatic hydroxyl groups excluding tert-OH is 6. The fourth-order valence-corrected chi connectivity index (χ4v) is 13.7. The molecule has 0 bridgehead atoms. The summed E-state index contributed by atoms with van der Waals surface area (Å²) in [4.78, 5) is 12.0. The van der Waals surface area contributed by atoms with Gasteiger partial charge in [0.1, 0.15) is 36.1 Å². The zero-order valence-electron chi connectivity index (χ0n) is 34.0. The number of carbonyl (C=O) groups excluding carboxylic acids is 1. The van der Waals surface area contributed by atoms with Crippen LogP contribution < -0.4 is 0 Å². The first-order valence-electron chi connectivity index (χ1n) is 21.4. The predicted molar refractivity (Wildman–Crippen MR) is 197 cm³/mol. The van der Waals surface area contributed by atoms with E-state index in [2.05, 4.69) is 20.8 Å². The Morgan fingerprint density at radius 2 is 1.30 bits per heavy atom. The number of carbonyl (C=O) groups is 1. The van der Waals surface area contributed by atoms with Crippen molar-refractivity contribution < 1.29 is 73.3 Å². The van der Waals surface area contributed by atoms with Crippen LogP contribution in [0.4, 0.5) is 0 Å². The standard InChI is InChI=1S/C42H64O15/c1-19-35(49)24(43)12-32(51-19)55-37-21(3)53-33(14-26(37)45)56-36-20(2)52-31(13-25(36)44)54-23-7-8-39(5)28-15-29(47)40(6)34(22-11-30(48)50-18-22)27(46)17-42(40)41(28,57-42)10-9-38(39,4)16-23/h11,19-21,23-29,31-37,43-47,49H,7-10,12-18H2,1-6H3/t19?,20?,21?,23?,24?,25?,26?,27?,28?,29?,31-,32?,33?,34?,35?,36+,37+,38+,39+,40-,41?,42+/m1/s1. The van der Waals surface area contributed by atoms with Crippen molar-refractivity contribution in [1.82, 2.24) is 0 Å². The maximum absolute atomic E-state index is 12.1. The van der Waals surface area contributed by atoms with E-state index in [0.29, 0.717) is 12.8 Å². The number of ether oxygens (including phenoxy) is 8. The molecule has 8 fully saturated rings. The Kier molecular flexibility index (Phi) is 10.2. The van der Waals surface area contributed by atoms with Gasteiger partial charge in [-0.3, -0.25) is 0 Å². The lowest BCUT2D eigenvalue weighted by molar-refractivity contribution is -0.336. The van der Waals surface area contributed by atoms with Crippen molar-refractivity contribution in [3.8, 4) is 0 Å². The molecule has 4 aliphatic carbocycles. The van der Waals surface area contributed by atoms with Crippen LogP contribution in [0.2, 0.25) is 0 Å². The van der Waals surface area contributed by atoms with E-state index in [4.69, 9.17) is 37.9 Å². The molecule has 22 atom stereocenters. The van der Waals surface area contributed by atoms with Crippen LogP contribution in [0, 0.1) is 28.1 Å². The number of epoxide rings is 1. The lowest BCUT2D eigenvalue weighted by atomic mass is 9.39. The van der Waals surface area contributed by atoms with E-state index >= 15 is 0 Å². The summed E-state index contributed by atoms with van der Waals surface area (Å²) in [6.07, 6.45) is -3.77. The molecule has 322 valence electrons. The van der Waals surface area contributed by atoms with Gasteiger partial charge in [0.25, 0.3) is 0 Å². The minimum Gasteiger partial charge on any atom is -0.458 e. The minimum atomic E-state index is -1.01. The van der Waals surface area contributed by atoms with Crippen LogP contribution in [0.15, 0.2) is 11.6 Å². The number of hydrogen-bond acceptors (Lipinski definition) is 15. The lowest BCUT2D eigenvalue weighted by Gasteiger charge is -2.64. The normalized spacial score (nSPS) is 58.5. The number of esters is 1. The zero-order valence-corrected chi connectivity index (χ0v) is 34.0. The molecular weight excluding hydrogens is 744 g/mol. The molecule has 57 heavy (non-hydrogen) atoms. The average molecular weight is 809 g/mol. The van der Waals surface area contributed by atoms with Crippen molar-refractivity contribution in [2.45, 2.75) is 209 Å². The van der Waals surface area contributed by atoms with Gasteiger partial charge in [0.05, 0.1) is 54.9 Å². The molecule has 15 nitrogen and oxygen atoms in total. The van der Waals surface area contributed by atoms with Gasteiger partial charge in [-0.2, -0.15) is 0 Å². The van der Waals surface area contributed by atoms with E-state index in [1.807, 2.05) is 6.92 Å². The highest BCUT2D eigenvalue weighted by atomic mass is 16.7. The van der Waals surface area contributed by atoms with Crippen molar-refractivity contribution in [2.75, 3.05) is 6.61 Å². The van der Waals surface area contributed by atoms with Crippen LogP contribution >= 0.6 is 0 Å². The summed E-state index contributed by atoms with van der Waals surface area (Å²) in [5.41, 5.74) is -1.34. The van der Waals surface area contributed by atoms with E-state index < -0.39 is 115 Å². The Balaban J connectivity index is 0.803. The maximum atomic E-state index is 12.1. The quantitative estimate of drug-likeness (QED) is 0.123. The highest BCUT2D eigenvalue weighted by Crippen LogP contribution is 2.83. The van der Waals surface area contributed by atoms with Gasteiger partial charge >= 0.3 is 5.97 Å². The monoisotopic (exact) mass is 808 g/mol. The van der Waals surface area contributed by atoms with E-state index in [1.54, 1.807) is 13.8 Å². The molecule has 9 aliphatic rings. The summed E-state index contributed by atoms with van der Waals surface area (Å²) in [7, 11) is 0. The molecule has 5 aliphatic heterocycles. The SMILES string of the molecule is CC1OC(O[C@@H]2C(O)CC(O[C@@H]3C(O)C[C@@H](OC4CC[C@@]5(C)C6CC(O)[C@]7(C)C(C8=CC(=O)OC8)C(O)C[C@]78OC68CC[C@@]5(C)C4)OC3C)OC2C)CC(O)C1O. The molecule has 9 rings (SSSR count). The third kappa shape index (κ3) is 6.11. The molecule has 0 radical (unpaired) electrons. The van der Waals surface area contributed by atoms with Crippen molar-refractivity contribution in [3.05, 3.63) is 11.6 Å². The second-order valence-electron chi connectivity index (χ2n) is 19.9. The van der Waals surface area contributed by atoms with E-state index in [0.717, 1.165) is 37.7 Å². The smallest absolute Gasteiger partial charge is 0.331 e. The van der Waals surface area contributed by atoms with Gasteiger partial charge in [0.2, 0.25) is 0 Å². The molecule has 5 heterocycles. The number of aliphatic hydroxyl groups is 6. The largest absolute Gasteiger partial charge is 0.458 e. The third-order valence-corrected chi connectivity index (χ3v) is 17.0. The van der Waals surface area contributed by atoms with Gasteiger partial charge in [0, 0.05) is 43.1 Å². The fraction of sp³-hybridized carbons (Fsp3) is 0.929. The highest BCUT2D eigenvalue weighted by molar-refractivity contribution is 5.85. The van der Waals surface area contributed by atoms with Gasteiger partial charge in [0.15, 0.2) is 18.9 Å². The topological polar surface area (TPSA) is 216 Å². The third-order valence-electron chi connectivity index (χ3n) is 17.0. The van der Waals surface area contributed by atoms with Gasteiger partial charge in [-0.05, 0) is 81.6 Å². The Hall–Kier alpha value is -1.31. The van der Waals surface area contributed by atoms with Crippen LogP contribution in [-0.4, -0.2) is 147 Å². The summed E-state index contributed by atoms with van der Waals surface area (Å²) >= 11 is 0. The van der Waals surface area contributed by atoms with Crippen LogP contribution in [0.25, 0.3) is 0 Å². The summed E-state index contributed by atoms with van der Waals surface area (Å²) in [6.45, 7) is 12.2. The first-order chi connectivity index (χ1) is 26.8. The number of rotatable bonds is 7. The first-order valence-corrected chi connectivity index (χ1v) is 21.4. The molecular formula is C42H64O15. The molecule has 2 spiro atoms. The number of cyclic esters (lactones) is 1. The van der Waals surface area contributed by atoms with Gasteiger partial charge in [-0.1, -0.05) is 20.8 Å². The molecule has 4 saturated heterocycles. The van der Waals surface area contributed by atoms with Crippen molar-refractivity contribution in [1.29, 1.82) is 0 Å². The number of hydrogen-bond donors (Lipinski definition) is 6. The number of fused-ring (bicyclic) bond motifs is 2. The molecule has 0 aromatic rings. The van der Waals surface area contributed by atoms with Crippen molar-refractivity contribution >= 4 is 5.97 Å². The highest BCUT2D eigenvalue weighted by Gasteiger charge is 2.90. The van der Waals surface area contributed by atoms with Crippen LogP contribution in [-0.2, 0) is 42.7 Å². The molecule has 4 saturated carbocycles. The fourth-order valence-electron chi connectivity index (χ4n) is 13.7. The Morgan fingerprint density at radius 3 is 1.88 bits per heavy atom. The second-order valence-corrected chi connectivity index (χ2v) is 19.9. The molecule has 0 aromatic heterocycles. The second kappa shape index (κ2) is 14.1. The van der Waals surface area contributed by atoms with Gasteiger partial charge in [-0.15, -0.1) is 0 Å². The van der Waals surface area contributed by atoms with E-state index in [9.17, 15) is 35.4 Å². The summed E-state index contributed by atoms with van der Waals surface area (Å²) in [5.74, 6) is -0.708. The minimum absolute atomic E-state index is 0.0703. The van der Waals surface area contributed by atoms with Gasteiger partial charge in [-0.25, -0.2) is 4.79 Å². The molecule has 0 amide bonds. The summed E-state index contributed by atoms with van der Waals surface area (Å²) in [5, 5.41) is 66.1. The predicted octanol–water partition coefficient (Wildman–Crippen LogP) is 1.74. The molecule has 15 unspecified atom stereocenters. The summed E-state index contributed by atoms with van der Waals surface area (Å²) in [6, 6.07) is 0. The van der Waals surface area contributed by atoms with E-state index in [1.165, 1.54) is 6.08 Å². The van der Waals surface area contributed by atoms with Crippen molar-refractivity contribution in [3.63, 3.8) is 0 Å². The molecule has 0 aromatic carbocycles.